The minimum atomic E-state index is 0.0972. The van der Waals surface area contributed by atoms with Crippen molar-refractivity contribution in [1.29, 1.82) is 0 Å². The number of carbonyl (C=O) groups excluding carboxylic acids is 1. The zero-order chi connectivity index (χ0) is 11.4. The first kappa shape index (κ1) is 11.4. The molecule has 0 aliphatic carbocycles. The summed E-state index contributed by atoms with van der Waals surface area (Å²) < 4.78 is 5.10. The van der Waals surface area contributed by atoms with Gasteiger partial charge in [-0.15, -0.1) is 0 Å². The van der Waals surface area contributed by atoms with E-state index in [1.165, 1.54) is 19.3 Å². The summed E-state index contributed by atoms with van der Waals surface area (Å²) in [6, 6.07) is 3.50. The second-order valence-corrected chi connectivity index (χ2v) is 4.53. The molecule has 1 aromatic heterocycles. The largest absolute Gasteiger partial charge is 0.461 e. The summed E-state index contributed by atoms with van der Waals surface area (Å²) in [5.74, 6) is 1.44. The highest BCUT2D eigenvalue weighted by Gasteiger charge is 2.20. The molecule has 0 N–H and O–H groups in total. The maximum absolute atomic E-state index is 11.8. The number of Topliss-reactive ketones (excluding diaryl/α,β-unsaturated/α-hetero) is 1. The predicted octanol–water partition coefficient (Wildman–Crippen LogP) is 2.58. The minimum absolute atomic E-state index is 0.0972. The van der Waals surface area contributed by atoms with Crippen LogP contribution in [0.4, 0.5) is 0 Å². The fourth-order valence-electron chi connectivity index (χ4n) is 2.27. The van der Waals surface area contributed by atoms with Crippen LogP contribution in [0.1, 0.15) is 36.7 Å². The molecule has 0 amide bonds. The van der Waals surface area contributed by atoms with Crippen LogP contribution in [0.5, 0.6) is 0 Å². The van der Waals surface area contributed by atoms with E-state index in [1.807, 2.05) is 0 Å². The maximum Gasteiger partial charge on any atom is 0.211 e. The van der Waals surface area contributed by atoms with Crippen molar-refractivity contribution in [2.75, 3.05) is 19.6 Å². The van der Waals surface area contributed by atoms with Crippen molar-refractivity contribution in [2.24, 2.45) is 5.92 Å². The van der Waals surface area contributed by atoms with Crippen molar-refractivity contribution < 1.29 is 9.21 Å². The van der Waals surface area contributed by atoms with Gasteiger partial charge in [0, 0.05) is 0 Å². The van der Waals surface area contributed by atoms with Crippen LogP contribution in [0.25, 0.3) is 0 Å². The Bertz CT molecular complexity index is 324. The molecule has 1 saturated heterocycles. The van der Waals surface area contributed by atoms with Crippen LogP contribution in [-0.4, -0.2) is 30.3 Å². The number of nitrogens with zero attached hydrogens (tertiary/aromatic N) is 1. The lowest BCUT2D eigenvalue weighted by Crippen LogP contribution is -2.37. The first-order valence-electron chi connectivity index (χ1n) is 6.08. The van der Waals surface area contributed by atoms with Gasteiger partial charge in [-0.3, -0.25) is 9.69 Å². The van der Waals surface area contributed by atoms with Gasteiger partial charge in [-0.2, -0.15) is 0 Å². The Morgan fingerprint density at radius 3 is 2.81 bits per heavy atom. The Morgan fingerprint density at radius 1 is 1.50 bits per heavy atom. The molecule has 1 aliphatic heterocycles. The number of rotatable bonds is 4. The molecule has 0 unspecified atom stereocenters. The van der Waals surface area contributed by atoms with E-state index in [4.69, 9.17) is 4.42 Å². The standard InChI is InChI=1S/C13H19NO2/c1-2-11-5-7-14(8-6-11)10-12(15)13-4-3-9-16-13/h3-4,9,11H,2,5-8,10H2,1H3. The fraction of sp³-hybridized carbons (Fsp3) is 0.615. The molecule has 2 rings (SSSR count). The molecule has 3 nitrogen and oxygen atoms in total. The number of likely N-dealkylation sites (tertiary alicyclic amines) is 1. The molecule has 16 heavy (non-hydrogen) atoms. The zero-order valence-electron chi connectivity index (χ0n) is 9.82. The van der Waals surface area contributed by atoms with Crippen LogP contribution < -0.4 is 0 Å². The van der Waals surface area contributed by atoms with Gasteiger partial charge in [-0.25, -0.2) is 0 Å². The third-order valence-corrected chi connectivity index (χ3v) is 3.45. The van der Waals surface area contributed by atoms with Gasteiger partial charge in [-0.1, -0.05) is 13.3 Å². The molecule has 0 spiro atoms. The molecule has 1 aliphatic rings. The van der Waals surface area contributed by atoms with Gasteiger partial charge in [0.1, 0.15) is 0 Å². The number of carbonyl (C=O) groups is 1. The summed E-state index contributed by atoms with van der Waals surface area (Å²) in [6.45, 7) is 4.84. The van der Waals surface area contributed by atoms with Gasteiger partial charge in [0.05, 0.1) is 12.8 Å². The monoisotopic (exact) mass is 221 g/mol. The first-order chi connectivity index (χ1) is 7.79. The summed E-state index contributed by atoms with van der Waals surface area (Å²) in [6.07, 6.45) is 5.26. The smallest absolute Gasteiger partial charge is 0.211 e. The Balaban J connectivity index is 1.81. The number of hydrogen-bond acceptors (Lipinski definition) is 3. The molecule has 0 bridgehead atoms. The van der Waals surface area contributed by atoms with Gasteiger partial charge >= 0.3 is 0 Å². The van der Waals surface area contributed by atoms with E-state index in [0.29, 0.717) is 12.3 Å². The lowest BCUT2D eigenvalue weighted by molar-refractivity contribution is 0.0867. The van der Waals surface area contributed by atoms with E-state index >= 15 is 0 Å². The van der Waals surface area contributed by atoms with E-state index in [1.54, 1.807) is 18.4 Å². The molecule has 0 radical (unpaired) electrons. The van der Waals surface area contributed by atoms with E-state index in [9.17, 15) is 4.79 Å². The normalized spacial score (nSPS) is 18.8. The molecule has 1 aromatic rings. The summed E-state index contributed by atoms with van der Waals surface area (Å²) in [4.78, 5) is 14.0. The Kier molecular flexibility index (Phi) is 3.78. The molecule has 88 valence electrons. The summed E-state index contributed by atoms with van der Waals surface area (Å²) in [7, 11) is 0. The molecular weight excluding hydrogens is 202 g/mol. The van der Waals surface area contributed by atoms with Gasteiger partial charge in [0.15, 0.2) is 5.76 Å². The number of ketones is 1. The lowest BCUT2D eigenvalue weighted by atomic mass is 9.94. The highest BCUT2D eigenvalue weighted by molar-refractivity contribution is 5.94. The third kappa shape index (κ3) is 2.73. The van der Waals surface area contributed by atoms with Crippen LogP contribution in [0.3, 0.4) is 0 Å². The van der Waals surface area contributed by atoms with Crippen molar-refractivity contribution in [3.05, 3.63) is 24.2 Å². The van der Waals surface area contributed by atoms with Crippen LogP contribution in [-0.2, 0) is 0 Å². The van der Waals surface area contributed by atoms with Crippen LogP contribution >= 0.6 is 0 Å². The van der Waals surface area contributed by atoms with E-state index < -0.39 is 0 Å². The van der Waals surface area contributed by atoms with Crippen molar-refractivity contribution in [3.63, 3.8) is 0 Å². The van der Waals surface area contributed by atoms with Crippen LogP contribution in [0.15, 0.2) is 22.8 Å². The molecule has 0 aromatic carbocycles. The predicted molar refractivity (Wildman–Crippen MR) is 62.5 cm³/mol. The summed E-state index contributed by atoms with van der Waals surface area (Å²) in [5.41, 5.74) is 0. The van der Waals surface area contributed by atoms with Crippen LogP contribution in [0, 0.1) is 5.92 Å². The summed E-state index contributed by atoms with van der Waals surface area (Å²) in [5, 5.41) is 0. The average molecular weight is 221 g/mol. The Hall–Kier alpha value is -1.09. The van der Waals surface area contributed by atoms with Crippen molar-refractivity contribution in [2.45, 2.75) is 26.2 Å². The Labute approximate surface area is 96.4 Å². The molecule has 3 heteroatoms. The zero-order valence-corrected chi connectivity index (χ0v) is 9.82. The molecule has 0 atom stereocenters. The average Bonchev–Trinajstić information content (AvgIpc) is 2.83. The number of furan rings is 1. The van der Waals surface area contributed by atoms with E-state index in [0.717, 1.165) is 19.0 Å². The maximum atomic E-state index is 11.8. The van der Waals surface area contributed by atoms with Gasteiger partial charge in [-0.05, 0) is 44.0 Å². The number of hydrogen-bond donors (Lipinski definition) is 0. The Morgan fingerprint density at radius 2 is 2.25 bits per heavy atom. The number of piperidine rings is 1. The van der Waals surface area contributed by atoms with E-state index in [-0.39, 0.29) is 5.78 Å². The minimum Gasteiger partial charge on any atom is -0.461 e. The van der Waals surface area contributed by atoms with Gasteiger partial charge in [0.2, 0.25) is 5.78 Å². The quantitative estimate of drug-likeness (QED) is 0.733. The van der Waals surface area contributed by atoms with Crippen LogP contribution in [0.2, 0.25) is 0 Å². The molecule has 0 saturated carbocycles. The SMILES string of the molecule is CCC1CCN(CC(=O)c2ccco2)CC1. The molecule has 2 heterocycles. The molecule has 1 fully saturated rings. The van der Waals surface area contributed by atoms with Gasteiger partial charge in [0.25, 0.3) is 0 Å². The highest BCUT2D eigenvalue weighted by Crippen LogP contribution is 2.20. The lowest BCUT2D eigenvalue weighted by Gasteiger charge is -2.30. The first-order valence-corrected chi connectivity index (χ1v) is 6.08. The summed E-state index contributed by atoms with van der Waals surface area (Å²) >= 11 is 0. The van der Waals surface area contributed by atoms with Crippen molar-refractivity contribution >= 4 is 5.78 Å². The van der Waals surface area contributed by atoms with Gasteiger partial charge < -0.3 is 4.42 Å². The third-order valence-electron chi connectivity index (χ3n) is 3.45. The second kappa shape index (κ2) is 5.30. The van der Waals surface area contributed by atoms with E-state index in [2.05, 4.69) is 11.8 Å². The highest BCUT2D eigenvalue weighted by atomic mass is 16.3. The second-order valence-electron chi connectivity index (χ2n) is 4.53. The fourth-order valence-corrected chi connectivity index (χ4v) is 2.27. The van der Waals surface area contributed by atoms with Crippen molar-refractivity contribution in [3.8, 4) is 0 Å². The molecular formula is C13H19NO2. The van der Waals surface area contributed by atoms with Crippen molar-refractivity contribution in [1.82, 2.24) is 4.90 Å². The topological polar surface area (TPSA) is 33.5 Å².